The van der Waals surface area contributed by atoms with Crippen LogP contribution in [-0.4, -0.2) is 23.4 Å². The Morgan fingerprint density at radius 1 is 1.29 bits per heavy atom. The van der Waals surface area contributed by atoms with E-state index in [1.165, 1.54) is 7.11 Å². The third-order valence-corrected chi connectivity index (χ3v) is 1.88. The van der Waals surface area contributed by atoms with E-state index in [1.807, 2.05) is 24.3 Å². The summed E-state index contributed by atoms with van der Waals surface area (Å²) in [6, 6.07) is 7.38. The number of benzene rings is 1. The number of hydrogen-bond acceptors (Lipinski definition) is 4. The SMILES string of the molecule is COc1nc(C=O)nc2ccccc12. The second kappa shape index (κ2) is 3.41. The van der Waals surface area contributed by atoms with E-state index in [0.29, 0.717) is 17.7 Å². The first-order chi connectivity index (χ1) is 6.85. The average molecular weight is 188 g/mol. The summed E-state index contributed by atoms with van der Waals surface area (Å²) in [6.45, 7) is 0. The number of rotatable bonds is 2. The molecule has 0 radical (unpaired) electrons. The zero-order valence-electron chi connectivity index (χ0n) is 7.60. The minimum absolute atomic E-state index is 0.139. The van der Waals surface area contributed by atoms with Crippen LogP contribution in [-0.2, 0) is 0 Å². The summed E-state index contributed by atoms with van der Waals surface area (Å²) in [4.78, 5) is 18.5. The fourth-order valence-corrected chi connectivity index (χ4v) is 1.27. The van der Waals surface area contributed by atoms with Crippen molar-refractivity contribution in [1.82, 2.24) is 9.97 Å². The number of hydrogen-bond donors (Lipinski definition) is 0. The maximum absolute atomic E-state index is 10.5. The highest BCUT2D eigenvalue weighted by molar-refractivity contribution is 5.85. The molecule has 70 valence electrons. The molecule has 0 spiro atoms. The van der Waals surface area contributed by atoms with Gasteiger partial charge in [0.05, 0.1) is 18.0 Å². The molecule has 0 amide bonds. The average Bonchev–Trinajstić information content (AvgIpc) is 2.27. The Labute approximate surface area is 80.6 Å². The zero-order valence-corrected chi connectivity index (χ0v) is 7.60. The predicted octanol–water partition coefficient (Wildman–Crippen LogP) is 1.45. The first-order valence-electron chi connectivity index (χ1n) is 4.11. The second-order valence-corrected chi connectivity index (χ2v) is 2.73. The van der Waals surface area contributed by atoms with Gasteiger partial charge in [-0.15, -0.1) is 0 Å². The normalized spacial score (nSPS) is 10.1. The largest absolute Gasteiger partial charge is 0.480 e. The van der Waals surface area contributed by atoms with Gasteiger partial charge in [0.2, 0.25) is 5.88 Å². The molecule has 0 bridgehead atoms. The van der Waals surface area contributed by atoms with E-state index >= 15 is 0 Å². The molecule has 4 heteroatoms. The van der Waals surface area contributed by atoms with Crippen molar-refractivity contribution in [2.24, 2.45) is 0 Å². The molecular weight excluding hydrogens is 180 g/mol. The first-order valence-corrected chi connectivity index (χ1v) is 4.11. The van der Waals surface area contributed by atoms with Gasteiger partial charge in [-0.25, -0.2) is 4.98 Å². The number of carbonyl (C=O) groups is 1. The van der Waals surface area contributed by atoms with Crippen LogP contribution in [0.2, 0.25) is 0 Å². The molecule has 1 heterocycles. The van der Waals surface area contributed by atoms with Crippen molar-refractivity contribution < 1.29 is 9.53 Å². The number of ether oxygens (including phenoxy) is 1. The summed E-state index contributed by atoms with van der Waals surface area (Å²) in [5, 5.41) is 0.806. The Hall–Kier alpha value is -1.97. The van der Waals surface area contributed by atoms with Gasteiger partial charge in [0.25, 0.3) is 0 Å². The molecule has 0 atom stereocenters. The van der Waals surface area contributed by atoms with E-state index in [2.05, 4.69) is 9.97 Å². The highest BCUT2D eigenvalue weighted by atomic mass is 16.5. The van der Waals surface area contributed by atoms with Crippen molar-refractivity contribution >= 4 is 17.2 Å². The van der Waals surface area contributed by atoms with Crippen molar-refractivity contribution in [3.05, 3.63) is 30.1 Å². The number of fused-ring (bicyclic) bond motifs is 1. The van der Waals surface area contributed by atoms with E-state index < -0.39 is 0 Å². The molecule has 0 fully saturated rings. The minimum Gasteiger partial charge on any atom is -0.480 e. The molecular formula is C10H8N2O2. The lowest BCUT2D eigenvalue weighted by Gasteiger charge is -2.03. The van der Waals surface area contributed by atoms with Crippen LogP contribution >= 0.6 is 0 Å². The van der Waals surface area contributed by atoms with Crippen LogP contribution in [0.5, 0.6) is 5.88 Å². The van der Waals surface area contributed by atoms with E-state index in [9.17, 15) is 4.79 Å². The number of para-hydroxylation sites is 1. The first kappa shape index (κ1) is 8.62. The maximum Gasteiger partial charge on any atom is 0.224 e. The summed E-state index contributed by atoms with van der Waals surface area (Å²) in [5.41, 5.74) is 0.710. The Bertz CT molecular complexity index is 483. The lowest BCUT2D eigenvalue weighted by molar-refractivity contribution is 0.111. The van der Waals surface area contributed by atoms with Crippen molar-refractivity contribution in [1.29, 1.82) is 0 Å². The molecule has 1 aromatic carbocycles. The molecule has 2 aromatic rings. The highest BCUT2D eigenvalue weighted by Gasteiger charge is 2.05. The quantitative estimate of drug-likeness (QED) is 0.669. The summed E-state index contributed by atoms with van der Waals surface area (Å²) in [5.74, 6) is 0.568. The molecule has 1 aromatic heterocycles. The Kier molecular flexibility index (Phi) is 2.10. The standard InChI is InChI=1S/C10H8N2O2/c1-14-10-7-4-2-3-5-8(7)11-9(6-13)12-10/h2-6H,1H3. The Morgan fingerprint density at radius 2 is 2.07 bits per heavy atom. The summed E-state index contributed by atoms with van der Waals surface area (Å²) >= 11 is 0. The number of aromatic nitrogens is 2. The molecule has 14 heavy (non-hydrogen) atoms. The van der Waals surface area contributed by atoms with Gasteiger partial charge in [-0.1, -0.05) is 12.1 Å². The third-order valence-electron chi connectivity index (χ3n) is 1.88. The number of aldehydes is 1. The monoisotopic (exact) mass is 188 g/mol. The van der Waals surface area contributed by atoms with Gasteiger partial charge in [0, 0.05) is 0 Å². The molecule has 0 unspecified atom stereocenters. The summed E-state index contributed by atoms with van der Waals surface area (Å²) < 4.78 is 5.06. The van der Waals surface area contributed by atoms with Gasteiger partial charge >= 0.3 is 0 Å². The lowest BCUT2D eigenvalue weighted by atomic mass is 10.2. The Balaban J connectivity index is 2.79. The fourth-order valence-electron chi connectivity index (χ4n) is 1.27. The molecule has 0 saturated carbocycles. The smallest absolute Gasteiger partial charge is 0.224 e. The number of methoxy groups -OCH3 is 1. The van der Waals surface area contributed by atoms with Crippen molar-refractivity contribution in [2.75, 3.05) is 7.11 Å². The molecule has 2 rings (SSSR count). The topological polar surface area (TPSA) is 52.1 Å². The van der Waals surface area contributed by atoms with Crippen LogP contribution in [0.15, 0.2) is 24.3 Å². The molecule has 4 nitrogen and oxygen atoms in total. The van der Waals surface area contributed by atoms with Gasteiger partial charge in [-0.3, -0.25) is 4.79 Å². The van der Waals surface area contributed by atoms with Crippen LogP contribution in [0, 0.1) is 0 Å². The fraction of sp³-hybridized carbons (Fsp3) is 0.100. The van der Waals surface area contributed by atoms with Crippen molar-refractivity contribution in [2.45, 2.75) is 0 Å². The molecule has 0 aliphatic rings. The summed E-state index contributed by atoms with van der Waals surface area (Å²) in [7, 11) is 1.52. The number of carbonyl (C=O) groups excluding carboxylic acids is 1. The zero-order chi connectivity index (χ0) is 9.97. The van der Waals surface area contributed by atoms with Crippen LogP contribution < -0.4 is 4.74 Å². The molecule has 0 aliphatic carbocycles. The lowest BCUT2D eigenvalue weighted by Crippen LogP contribution is -1.97. The van der Waals surface area contributed by atoms with Gasteiger partial charge < -0.3 is 4.74 Å². The van der Waals surface area contributed by atoms with E-state index in [4.69, 9.17) is 4.74 Å². The van der Waals surface area contributed by atoms with E-state index in [0.717, 1.165) is 5.39 Å². The molecule has 0 saturated heterocycles. The van der Waals surface area contributed by atoms with E-state index in [1.54, 1.807) is 0 Å². The molecule has 0 aliphatic heterocycles. The minimum atomic E-state index is 0.139. The molecule has 0 N–H and O–H groups in total. The predicted molar refractivity (Wildman–Crippen MR) is 51.5 cm³/mol. The van der Waals surface area contributed by atoms with E-state index in [-0.39, 0.29) is 5.82 Å². The summed E-state index contributed by atoms with van der Waals surface area (Å²) in [6.07, 6.45) is 0.606. The van der Waals surface area contributed by atoms with Gasteiger partial charge in [0.1, 0.15) is 0 Å². The van der Waals surface area contributed by atoms with Crippen molar-refractivity contribution in [3.8, 4) is 5.88 Å². The Morgan fingerprint density at radius 3 is 2.79 bits per heavy atom. The van der Waals surface area contributed by atoms with Crippen molar-refractivity contribution in [3.63, 3.8) is 0 Å². The second-order valence-electron chi connectivity index (χ2n) is 2.73. The van der Waals surface area contributed by atoms with Gasteiger partial charge in [-0.2, -0.15) is 4.98 Å². The third kappa shape index (κ3) is 1.31. The number of nitrogens with zero attached hydrogens (tertiary/aromatic N) is 2. The van der Waals surface area contributed by atoms with Crippen LogP contribution in [0.4, 0.5) is 0 Å². The van der Waals surface area contributed by atoms with Crippen LogP contribution in [0.3, 0.4) is 0 Å². The highest BCUT2D eigenvalue weighted by Crippen LogP contribution is 2.20. The van der Waals surface area contributed by atoms with Gasteiger partial charge in [0.15, 0.2) is 12.1 Å². The van der Waals surface area contributed by atoms with Crippen LogP contribution in [0.25, 0.3) is 10.9 Å². The van der Waals surface area contributed by atoms with Crippen LogP contribution in [0.1, 0.15) is 10.6 Å². The maximum atomic E-state index is 10.5. The van der Waals surface area contributed by atoms with Gasteiger partial charge in [-0.05, 0) is 12.1 Å².